The van der Waals surface area contributed by atoms with Gasteiger partial charge in [-0.15, -0.1) is 0 Å². The predicted octanol–water partition coefficient (Wildman–Crippen LogP) is 6.61. The molecule has 24 heavy (non-hydrogen) atoms. The summed E-state index contributed by atoms with van der Waals surface area (Å²) in [6.07, 6.45) is 11.1. The molecule has 2 aromatic rings. The summed E-state index contributed by atoms with van der Waals surface area (Å²) in [6.45, 7) is 2.26. The van der Waals surface area contributed by atoms with Crippen molar-refractivity contribution < 1.29 is 4.39 Å². The SMILES string of the molecule is CCCCCCCc1ccc(C2CCc3cc(F)ccc3C2)cc1. The van der Waals surface area contributed by atoms with Crippen LogP contribution in [0.1, 0.15) is 73.6 Å². The van der Waals surface area contributed by atoms with Gasteiger partial charge in [-0.3, -0.25) is 0 Å². The summed E-state index contributed by atoms with van der Waals surface area (Å²) in [6, 6.07) is 14.6. The number of rotatable bonds is 7. The van der Waals surface area contributed by atoms with E-state index in [0.717, 1.165) is 19.3 Å². The standard InChI is InChI=1S/C23H29F/c1-2-3-4-5-6-7-18-8-10-19(11-9-18)20-12-13-22-17-23(24)15-14-21(22)16-20/h8-11,14-15,17,20H,2-7,12-13,16H2,1H3. The third kappa shape index (κ3) is 4.47. The zero-order chi connectivity index (χ0) is 16.8. The average Bonchev–Trinajstić information content (AvgIpc) is 2.62. The van der Waals surface area contributed by atoms with Crippen molar-refractivity contribution in [2.24, 2.45) is 0 Å². The summed E-state index contributed by atoms with van der Waals surface area (Å²) in [7, 11) is 0. The van der Waals surface area contributed by atoms with Crippen molar-refractivity contribution in [3.8, 4) is 0 Å². The zero-order valence-corrected chi connectivity index (χ0v) is 14.9. The number of unbranched alkanes of at least 4 members (excludes halogenated alkanes) is 4. The molecule has 0 radical (unpaired) electrons. The fourth-order valence-electron chi connectivity index (χ4n) is 3.90. The van der Waals surface area contributed by atoms with Crippen molar-refractivity contribution in [3.63, 3.8) is 0 Å². The topological polar surface area (TPSA) is 0 Å². The van der Waals surface area contributed by atoms with Crippen LogP contribution in [-0.2, 0) is 19.3 Å². The fraction of sp³-hybridized carbons (Fsp3) is 0.478. The van der Waals surface area contributed by atoms with E-state index in [1.807, 2.05) is 6.07 Å². The molecule has 0 amide bonds. The van der Waals surface area contributed by atoms with Gasteiger partial charge >= 0.3 is 0 Å². The molecule has 0 N–H and O–H groups in total. The average molecular weight is 324 g/mol. The minimum atomic E-state index is -0.101. The van der Waals surface area contributed by atoms with Crippen molar-refractivity contribution in [1.82, 2.24) is 0 Å². The van der Waals surface area contributed by atoms with Gasteiger partial charge in [0.25, 0.3) is 0 Å². The van der Waals surface area contributed by atoms with Crippen LogP contribution in [-0.4, -0.2) is 0 Å². The van der Waals surface area contributed by atoms with Crippen molar-refractivity contribution in [3.05, 3.63) is 70.5 Å². The highest BCUT2D eigenvalue weighted by Gasteiger charge is 2.20. The molecule has 0 fully saturated rings. The van der Waals surface area contributed by atoms with Crippen molar-refractivity contribution in [1.29, 1.82) is 0 Å². The molecule has 0 nitrogen and oxygen atoms in total. The Morgan fingerprint density at radius 2 is 1.71 bits per heavy atom. The Kier molecular flexibility index (Phi) is 6.07. The molecular formula is C23H29F. The second kappa shape index (κ2) is 8.46. The number of halogens is 1. The fourth-order valence-corrected chi connectivity index (χ4v) is 3.90. The lowest BCUT2D eigenvalue weighted by atomic mass is 9.80. The van der Waals surface area contributed by atoms with Crippen LogP contribution >= 0.6 is 0 Å². The van der Waals surface area contributed by atoms with E-state index in [2.05, 4.69) is 31.2 Å². The van der Waals surface area contributed by atoms with E-state index < -0.39 is 0 Å². The van der Waals surface area contributed by atoms with E-state index in [1.54, 1.807) is 12.1 Å². The first-order chi connectivity index (χ1) is 11.8. The maximum Gasteiger partial charge on any atom is 0.123 e. The molecule has 3 rings (SSSR count). The Labute approximate surface area is 146 Å². The number of hydrogen-bond acceptors (Lipinski definition) is 0. The van der Waals surface area contributed by atoms with Crippen LogP contribution < -0.4 is 0 Å². The van der Waals surface area contributed by atoms with Gasteiger partial charge in [0.1, 0.15) is 5.82 Å². The predicted molar refractivity (Wildman–Crippen MR) is 100 cm³/mol. The van der Waals surface area contributed by atoms with Gasteiger partial charge in [0.15, 0.2) is 0 Å². The maximum atomic E-state index is 13.3. The van der Waals surface area contributed by atoms with Crippen LogP contribution in [0.3, 0.4) is 0 Å². The lowest BCUT2D eigenvalue weighted by Gasteiger charge is -2.25. The maximum absolute atomic E-state index is 13.3. The number of benzene rings is 2. The third-order valence-electron chi connectivity index (χ3n) is 5.42. The second-order valence-electron chi connectivity index (χ2n) is 7.26. The van der Waals surface area contributed by atoms with E-state index >= 15 is 0 Å². The van der Waals surface area contributed by atoms with Gasteiger partial charge in [-0.05, 0) is 72.4 Å². The highest BCUT2D eigenvalue weighted by Crippen LogP contribution is 2.33. The van der Waals surface area contributed by atoms with Crippen LogP contribution in [0.25, 0.3) is 0 Å². The molecule has 1 atom stereocenters. The molecular weight excluding hydrogens is 295 g/mol. The smallest absolute Gasteiger partial charge is 0.123 e. The first-order valence-electron chi connectivity index (χ1n) is 9.62. The molecule has 1 heteroatoms. The molecule has 0 aliphatic heterocycles. The molecule has 0 saturated heterocycles. The molecule has 0 aromatic heterocycles. The largest absolute Gasteiger partial charge is 0.207 e. The molecule has 0 saturated carbocycles. The van der Waals surface area contributed by atoms with Gasteiger partial charge in [-0.25, -0.2) is 4.39 Å². The van der Waals surface area contributed by atoms with Gasteiger partial charge in [-0.1, -0.05) is 62.9 Å². The van der Waals surface area contributed by atoms with Crippen molar-refractivity contribution in [2.75, 3.05) is 0 Å². The van der Waals surface area contributed by atoms with E-state index in [0.29, 0.717) is 5.92 Å². The normalized spacial score (nSPS) is 16.8. The van der Waals surface area contributed by atoms with Gasteiger partial charge in [0.2, 0.25) is 0 Å². The number of fused-ring (bicyclic) bond motifs is 1. The molecule has 128 valence electrons. The highest BCUT2D eigenvalue weighted by atomic mass is 19.1. The molecule has 1 aliphatic rings. The van der Waals surface area contributed by atoms with Gasteiger partial charge < -0.3 is 0 Å². The minimum Gasteiger partial charge on any atom is -0.207 e. The summed E-state index contributed by atoms with van der Waals surface area (Å²) in [4.78, 5) is 0. The summed E-state index contributed by atoms with van der Waals surface area (Å²) in [5.74, 6) is 0.483. The van der Waals surface area contributed by atoms with Crippen molar-refractivity contribution in [2.45, 2.75) is 70.6 Å². The van der Waals surface area contributed by atoms with Gasteiger partial charge in [0, 0.05) is 0 Å². The summed E-state index contributed by atoms with van der Waals surface area (Å²) >= 11 is 0. The van der Waals surface area contributed by atoms with E-state index in [-0.39, 0.29) is 5.82 Å². The van der Waals surface area contributed by atoms with E-state index in [1.165, 1.54) is 60.8 Å². The van der Waals surface area contributed by atoms with Gasteiger partial charge in [0.05, 0.1) is 0 Å². The molecule has 0 heterocycles. The molecule has 1 aliphatic carbocycles. The summed E-state index contributed by atoms with van der Waals surface area (Å²) in [5.41, 5.74) is 5.44. The zero-order valence-electron chi connectivity index (χ0n) is 14.9. The van der Waals surface area contributed by atoms with Crippen LogP contribution in [0.4, 0.5) is 4.39 Å². The Balaban J connectivity index is 1.55. The monoisotopic (exact) mass is 324 g/mol. The number of aryl methyl sites for hydroxylation is 2. The summed E-state index contributed by atoms with van der Waals surface area (Å²) in [5, 5.41) is 0. The Hall–Kier alpha value is -1.63. The molecule has 1 unspecified atom stereocenters. The minimum absolute atomic E-state index is 0.101. The van der Waals surface area contributed by atoms with Crippen molar-refractivity contribution >= 4 is 0 Å². The second-order valence-corrected chi connectivity index (χ2v) is 7.26. The molecule has 0 bridgehead atoms. The Morgan fingerprint density at radius 1 is 0.917 bits per heavy atom. The molecule has 2 aromatic carbocycles. The van der Waals surface area contributed by atoms with Crippen LogP contribution in [0.5, 0.6) is 0 Å². The van der Waals surface area contributed by atoms with E-state index in [4.69, 9.17) is 0 Å². The Morgan fingerprint density at radius 3 is 2.50 bits per heavy atom. The lowest BCUT2D eigenvalue weighted by molar-refractivity contribution is 0.572. The highest BCUT2D eigenvalue weighted by molar-refractivity contribution is 5.35. The first kappa shape index (κ1) is 17.2. The van der Waals surface area contributed by atoms with Crippen LogP contribution in [0, 0.1) is 5.82 Å². The summed E-state index contributed by atoms with van der Waals surface area (Å²) < 4.78 is 13.3. The Bertz CT molecular complexity index is 642. The van der Waals surface area contributed by atoms with Crippen LogP contribution in [0.2, 0.25) is 0 Å². The quantitative estimate of drug-likeness (QED) is 0.503. The molecule has 0 spiro atoms. The van der Waals surface area contributed by atoms with Crippen LogP contribution in [0.15, 0.2) is 42.5 Å². The third-order valence-corrected chi connectivity index (χ3v) is 5.42. The first-order valence-corrected chi connectivity index (χ1v) is 9.62. The lowest BCUT2D eigenvalue weighted by Crippen LogP contribution is -2.13. The van der Waals surface area contributed by atoms with E-state index in [9.17, 15) is 4.39 Å². The number of hydrogen-bond donors (Lipinski definition) is 0. The van der Waals surface area contributed by atoms with Gasteiger partial charge in [-0.2, -0.15) is 0 Å².